The van der Waals surface area contributed by atoms with Crippen LogP contribution in [0.1, 0.15) is 10.4 Å². The molecule has 0 fully saturated rings. The van der Waals surface area contributed by atoms with Crippen LogP contribution in [0.25, 0.3) is 0 Å². The zero-order valence-electron chi connectivity index (χ0n) is 6.25. The molecule has 0 aliphatic carbocycles. The van der Waals surface area contributed by atoms with Crippen molar-refractivity contribution in [2.75, 3.05) is 0 Å². The maximum atomic E-state index is 11.0. The molecule has 0 aliphatic rings. The molecule has 0 radical (unpaired) electrons. The summed E-state index contributed by atoms with van der Waals surface area (Å²) in [5.74, 6) is -0.709. The van der Waals surface area contributed by atoms with E-state index in [9.17, 15) is 9.59 Å². The van der Waals surface area contributed by atoms with E-state index in [1.54, 1.807) is 0 Å². The van der Waals surface area contributed by atoms with Gasteiger partial charge in [0, 0.05) is 15.6 Å². The number of isocyanates is 1. The van der Waals surface area contributed by atoms with Crippen molar-refractivity contribution < 1.29 is 9.59 Å². The van der Waals surface area contributed by atoms with Gasteiger partial charge in [0.15, 0.2) is 0 Å². The zero-order chi connectivity index (χ0) is 9.84. The van der Waals surface area contributed by atoms with Crippen LogP contribution in [0.3, 0.4) is 0 Å². The fourth-order valence-electron chi connectivity index (χ4n) is 0.783. The van der Waals surface area contributed by atoms with Gasteiger partial charge in [0.1, 0.15) is 0 Å². The number of hydrogen-bond acceptors (Lipinski definition) is 2. The van der Waals surface area contributed by atoms with Crippen LogP contribution < -0.4 is 0 Å². The lowest BCUT2D eigenvalue weighted by atomic mass is 10.2. The van der Waals surface area contributed by atoms with Crippen molar-refractivity contribution >= 4 is 35.2 Å². The molecule has 3 nitrogen and oxygen atoms in total. The minimum absolute atomic E-state index is 0.167. The first-order valence-electron chi connectivity index (χ1n) is 3.22. The molecule has 0 aliphatic heterocycles. The highest BCUT2D eigenvalue weighted by Gasteiger charge is 2.05. The van der Waals surface area contributed by atoms with Crippen molar-refractivity contribution in [1.82, 2.24) is 0 Å². The molecular formula is C8H3Cl2NO2. The summed E-state index contributed by atoms with van der Waals surface area (Å²) >= 11 is 11.2. The Morgan fingerprint density at radius 3 is 2.23 bits per heavy atom. The van der Waals surface area contributed by atoms with Gasteiger partial charge in [-0.1, -0.05) is 23.2 Å². The summed E-state index contributed by atoms with van der Waals surface area (Å²) in [7, 11) is 0. The molecule has 1 rings (SSSR count). The third kappa shape index (κ3) is 2.67. The van der Waals surface area contributed by atoms with Crippen LogP contribution in [0.4, 0.5) is 0 Å². The highest BCUT2D eigenvalue weighted by Crippen LogP contribution is 2.19. The fourth-order valence-corrected chi connectivity index (χ4v) is 1.31. The van der Waals surface area contributed by atoms with E-state index in [0.29, 0.717) is 10.0 Å². The molecule has 13 heavy (non-hydrogen) atoms. The lowest BCUT2D eigenvalue weighted by Gasteiger charge is -1.96. The molecule has 0 N–H and O–H groups in total. The normalized spacial score (nSPS) is 9.08. The fraction of sp³-hybridized carbons (Fsp3) is 0. The molecule has 0 saturated carbocycles. The monoisotopic (exact) mass is 215 g/mol. The van der Waals surface area contributed by atoms with E-state index in [-0.39, 0.29) is 5.56 Å². The first kappa shape index (κ1) is 9.93. The zero-order valence-corrected chi connectivity index (χ0v) is 7.76. The van der Waals surface area contributed by atoms with Crippen molar-refractivity contribution in [3.8, 4) is 0 Å². The number of carbonyl (C=O) groups is 1. The second kappa shape index (κ2) is 4.19. The minimum atomic E-state index is -0.709. The third-order valence-electron chi connectivity index (χ3n) is 1.26. The third-order valence-corrected chi connectivity index (χ3v) is 1.69. The molecule has 5 heteroatoms. The van der Waals surface area contributed by atoms with Gasteiger partial charge >= 0.3 is 0 Å². The Kier molecular flexibility index (Phi) is 3.20. The van der Waals surface area contributed by atoms with E-state index in [1.165, 1.54) is 18.2 Å². The SMILES string of the molecule is O=C=NC(=O)c1cc(Cl)cc(Cl)c1. The van der Waals surface area contributed by atoms with Crippen LogP contribution in [0, 0.1) is 0 Å². The Bertz CT molecular complexity index is 377. The average molecular weight is 216 g/mol. The van der Waals surface area contributed by atoms with Crippen LogP contribution in [-0.2, 0) is 4.79 Å². The number of rotatable bonds is 1. The Balaban J connectivity index is 3.15. The highest BCUT2D eigenvalue weighted by molar-refractivity contribution is 6.35. The van der Waals surface area contributed by atoms with E-state index >= 15 is 0 Å². The number of hydrogen-bond donors (Lipinski definition) is 0. The van der Waals surface area contributed by atoms with Crippen molar-refractivity contribution in [2.45, 2.75) is 0 Å². The summed E-state index contributed by atoms with van der Waals surface area (Å²) < 4.78 is 0. The van der Waals surface area contributed by atoms with Crippen molar-refractivity contribution in [3.05, 3.63) is 33.8 Å². The summed E-state index contributed by atoms with van der Waals surface area (Å²) in [6.07, 6.45) is 1.14. The van der Waals surface area contributed by atoms with Crippen LogP contribution in [-0.4, -0.2) is 12.0 Å². The van der Waals surface area contributed by atoms with Gasteiger partial charge in [-0.25, -0.2) is 4.79 Å². The number of halogens is 2. The Labute approximate surface area is 84.0 Å². The molecule has 1 amide bonds. The quantitative estimate of drug-likeness (QED) is 0.534. The first-order valence-corrected chi connectivity index (χ1v) is 3.97. The molecule has 0 unspecified atom stereocenters. The van der Waals surface area contributed by atoms with Gasteiger partial charge in [-0.2, -0.15) is 0 Å². The topological polar surface area (TPSA) is 46.5 Å². The largest absolute Gasteiger partial charge is 0.287 e. The van der Waals surface area contributed by atoms with Gasteiger partial charge in [-0.3, -0.25) is 4.79 Å². The van der Waals surface area contributed by atoms with Gasteiger partial charge in [0.25, 0.3) is 5.91 Å². The van der Waals surface area contributed by atoms with Crippen LogP contribution in [0.2, 0.25) is 10.0 Å². The van der Waals surface area contributed by atoms with E-state index in [1.807, 2.05) is 0 Å². The molecule has 0 bridgehead atoms. The van der Waals surface area contributed by atoms with Crippen LogP contribution in [0.5, 0.6) is 0 Å². The van der Waals surface area contributed by atoms with E-state index in [0.717, 1.165) is 6.08 Å². The van der Waals surface area contributed by atoms with E-state index in [4.69, 9.17) is 23.2 Å². The maximum Gasteiger partial charge on any atom is 0.287 e. The van der Waals surface area contributed by atoms with Crippen LogP contribution >= 0.6 is 23.2 Å². The van der Waals surface area contributed by atoms with Crippen molar-refractivity contribution in [1.29, 1.82) is 0 Å². The minimum Gasteiger partial charge on any atom is -0.266 e. The highest BCUT2D eigenvalue weighted by atomic mass is 35.5. The smallest absolute Gasteiger partial charge is 0.266 e. The maximum absolute atomic E-state index is 11.0. The predicted molar refractivity (Wildman–Crippen MR) is 48.9 cm³/mol. The Morgan fingerprint density at radius 1 is 1.23 bits per heavy atom. The lowest BCUT2D eigenvalue weighted by Crippen LogP contribution is -1.93. The van der Waals surface area contributed by atoms with E-state index < -0.39 is 5.91 Å². The summed E-state index contributed by atoms with van der Waals surface area (Å²) in [4.78, 5) is 23.7. The Hall–Kier alpha value is -1.15. The van der Waals surface area contributed by atoms with E-state index in [2.05, 4.69) is 4.99 Å². The summed E-state index contributed by atoms with van der Waals surface area (Å²) in [5, 5.41) is 0.633. The molecule has 0 heterocycles. The summed E-state index contributed by atoms with van der Waals surface area (Å²) in [5.41, 5.74) is 0.167. The summed E-state index contributed by atoms with van der Waals surface area (Å²) in [6, 6.07) is 4.22. The summed E-state index contributed by atoms with van der Waals surface area (Å²) in [6.45, 7) is 0. The molecule has 0 saturated heterocycles. The number of carbonyl (C=O) groups excluding carboxylic acids is 2. The van der Waals surface area contributed by atoms with Gasteiger partial charge < -0.3 is 0 Å². The first-order chi connectivity index (χ1) is 6.13. The molecular weight excluding hydrogens is 213 g/mol. The van der Waals surface area contributed by atoms with Gasteiger partial charge in [-0.15, -0.1) is 4.99 Å². The molecule has 0 aromatic heterocycles. The van der Waals surface area contributed by atoms with Crippen LogP contribution in [0.15, 0.2) is 23.2 Å². The number of benzene rings is 1. The average Bonchev–Trinajstić information content (AvgIpc) is 2.03. The second-order valence-electron chi connectivity index (χ2n) is 2.17. The van der Waals surface area contributed by atoms with Gasteiger partial charge in [0.2, 0.25) is 6.08 Å². The number of nitrogens with zero attached hydrogens (tertiary/aromatic N) is 1. The molecule has 1 aromatic rings. The Morgan fingerprint density at radius 2 is 1.77 bits per heavy atom. The molecule has 66 valence electrons. The van der Waals surface area contributed by atoms with Gasteiger partial charge in [0.05, 0.1) is 0 Å². The van der Waals surface area contributed by atoms with Crippen molar-refractivity contribution in [3.63, 3.8) is 0 Å². The number of amides is 1. The second-order valence-corrected chi connectivity index (χ2v) is 3.04. The standard InChI is InChI=1S/C8H3Cl2NO2/c9-6-1-5(2-7(10)3-6)8(13)11-4-12/h1-3H. The van der Waals surface area contributed by atoms with Crippen molar-refractivity contribution in [2.24, 2.45) is 4.99 Å². The number of aliphatic imine (C=N–C) groups is 1. The van der Waals surface area contributed by atoms with Gasteiger partial charge in [-0.05, 0) is 18.2 Å². The molecule has 0 spiro atoms. The lowest BCUT2D eigenvalue weighted by molar-refractivity contribution is 0.100. The predicted octanol–water partition coefficient (Wildman–Crippen LogP) is 2.47. The molecule has 1 aromatic carbocycles. The molecule has 0 atom stereocenters.